The quantitative estimate of drug-likeness (QED) is 0.811. The van der Waals surface area contributed by atoms with E-state index in [1.807, 2.05) is 48.5 Å². The van der Waals surface area contributed by atoms with E-state index in [0.29, 0.717) is 0 Å². The van der Waals surface area contributed by atoms with Gasteiger partial charge in [0.15, 0.2) is 0 Å². The minimum atomic E-state index is 0.727. The first-order valence-electron chi connectivity index (χ1n) is 6.04. The molecule has 2 rings (SSSR count). The molecular weight excluding hydrogens is 226 g/mol. The number of ether oxygens (including phenoxy) is 2. The average Bonchev–Trinajstić information content (AvgIpc) is 2.41. The van der Waals surface area contributed by atoms with Crippen LogP contribution in [0.25, 0.3) is 0 Å². The summed E-state index contributed by atoms with van der Waals surface area (Å²) in [7, 11) is 0. The lowest BCUT2D eigenvalue weighted by molar-refractivity contribution is 0.317. The van der Waals surface area contributed by atoms with Crippen molar-refractivity contribution in [2.45, 2.75) is 13.3 Å². The Morgan fingerprint density at radius 1 is 0.833 bits per heavy atom. The highest BCUT2D eigenvalue weighted by atomic mass is 16.5. The lowest BCUT2D eigenvalue weighted by Crippen LogP contribution is -1.94. The molecule has 0 radical (unpaired) electrons. The van der Waals surface area contributed by atoms with Crippen molar-refractivity contribution in [2.24, 2.45) is 0 Å². The zero-order valence-corrected chi connectivity index (χ0v) is 10.4. The number of rotatable bonds is 5. The fourth-order valence-electron chi connectivity index (χ4n) is 1.50. The van der Waals surface area contributed by atoms with Crippen LogP contribution in [-0.4, -0.2) is 6.61 Å². The lowest BCUT2D eigenvalue weighted by atomic mass is 10.3. The predicted molar refractivity (Wildman–Crippen MR) is 73.2 cm³/mol. The van der Waals surface area contributed by atoms with Gasteiger partial charge in [-0.2, -0.15) is 0 Å². The first kappa shape index (κ1) is 12.3. The van der Waals surface area contributed by atoms with Crippen molar-refractivity contribution in [3.8, 4) is 17.2 Å². The summed E-state index contributed by atoms with van der Waals surface area (Å²) < 4.78 is 11.2. The number of anilines is 1. The highest BCUT2D eigenvalue weighted by Gasteiger charge is 1.98. The molecule has 0 spiro atoms. The van der Waals surface area contributed by atoms with Crippen molar-refractivity contribution < 1.29 is 9.47 Å². The van der Waals surface area contributed by atoms with Crippen LogP contribution in [0.3, 0.4) is 0 Å². The zero-order valence-electron chi connectivity index (χ0n) is 10.4. The summed E-state index contributed by atoms with van der Waals surface area (Å²) in [4.78, 5) is 0. The fraction of sp³-hybridized carbons (Fsp3) is 0.200. The van der Waals surface area contributed by atoms with Gasteiger partial charge in [0.25, 0.3) is 0 Å². The zero-order chi connectivity index (χ0) is 12.8. The molecule has 94 valence electrons. The molecule has 0 fully saturated rings. The topological polar surface area (TPSA) is 44.5 Å². The third-order valence-corrected chi connectivity index (χ3v) is 2.41. The maximum atomic E-state index is 5.68. The second kappa shape index (κ2) is 5.96. The van der Waals surface area contributed by atoms with Gasteiger partial charge in [0.05, 0.1) is 6.61 Å². The van der Waals surface area contributed by atoms with Gasteiger partial charge in [-0.25, -0.2) is 0 Å². The Hall–Kier alpha value is -2.16. The van der Waals surface area contributed by atoms with Crippen LogP contribution in [0, 0.1) is 0 Å². The van der Waals surface area contributed by atoms with Crippen LogP contribution >= 0.6 is 0 Å². The molecule has 0 amide bonds. The molecule has 2 aromatic rings. The molecule has 0 atom stereocenters. The number of nitrogens with two attached hydrogens (primary N) is 1. The summed E-state index contributed by atoms with van der Waals surface area (Å²) in [5.74, 6) is 2.41. The summed E-state index contributed by atoms with van der Waals surface area (Å²) >= 11 is 0. The van der Waals surface area contributed by atoms with Crippen molar-refractivity contribution in [1.29, 1.82) is 0 Å². The fourth-order valence-corrected chi connectivity index (χ4v) is 1.50. The Morgan fingerprint density at radius 2 is 1.33 bits per heavy atom. The van der Waals surface area contributed by atoms with Crippen LogP contribution in [0.4, 0.5) is 5.69 Å². The first-order valence-corrected chi connectivity index (χ1v) is 6.04. The van der Waals surface area contributed by atoms with Gasteiger partial charge in [-0.05, 0) is 55.0 Å². The molecule has 18 heavy (non-hydrogen) atoms. The van der Waals surface area contributed by atoms with Crippen LogP contribution in [-0.2, 0) is 0 Å². The number of hydrogen-bond donors (Lipinski definition) is 1. The molecule has 0 heterocycles. The van der Waals surface area contributed by atoms with Crippen LogP contribution in [0.5, 0.6) is 17.2 Å². The van der Waals surface area contributed by atoms with E-state index in [1.165, 1.54) is 0 Å². The van der Waals surface area contributed by atoms with Crippen LogP contribution in [0.2, 0.25) is 0 Å². The largest absolute Gasteiger partial charge is 0.494 e. The molecule has 0 aliphatic carbocycles. The number of hydrogen-bond acceptors (Lipinski definition) is 3. The van der Waals surface area contributed by atoms with E-state index in [-0.39, 0.29) is 0 Å². The van der Waals surface area contributed by atoms with Gasteiger partial charge < -0.3 is 15.2 Å². The maximum absolute atomic E-state index is 5.68. The van der Waals surface area contributed by atoms with E-state index in [4.69, 9.17) is 15.2 Å². The summed E-state index contributed by atoms with van der Waals surface area (Å²) in [6, 6.07) is 14.9. The Balaban J connectivity index is 1.99. The van der Waals surface area contributed by atoms with Crippen molar-refractivity contribution in [3.63, 3.8) is 0 Å². The second-order valence-electron chi connectivity index (χ2n) is 3.99. The van der Waals surface area contributed by atoms with E-state index < -0.39 is 0 Å². The minimum absolute atomic E-state index is 0.727. The summed E-state index contributed by atoms with van der Waals surface area (Å²) in [5, 5.41) is 0. The monoisotopic (exact) mass is 243 g/mol. The molecule has 0 unspecified atom stereocenters. The Labute approximate surface area is 107 Å². The summed E-state index contributed by atoms with van der Waals surface area (Å²) in [6.45, 7) is 2.82. The maximum Gasteiger partial charge on any atom is 0.127 e. The van der Waals surface area contributed by atoms with Crippen molar-refractivity contribution >= 4 is 5.69 Å². The van der Waals surface area contributed by atoms with Gasteiger partial charge in [0.1, 0.15) is 17.2 Å². The first-order chi connectivity index (χ1) is 8.78. The average molecular weight is 243 g/mol. The Kier molecular flexibility index (Phi) is 4.07. The van der Waals surface area contributed by atoms with Crippen molar-refractivity contribution in [1.82, 2.24) is 0 Å². The van der Waals surface area contributed by atoms with Gasteiger partial charge in [0, 0.05) is 5.69 Å². The van der Waals surface area contributed by atoms with Gasteiger partial charge in [-0.15, -0.1) is 0 Å². The minimum Gasteiger partial charge on any atom is -0.494 e. The van der Waals surface area contributed by atoms with Gasteiger partial charge in [-0.1, -0.05) is 6.92 Å². The van der Waals surface area contributed by atoms with E-state index in [9.17, 15) is 0 Å². The van der Waals surface area contributed by atoms with E-state index in [1.54, 1.807) is 0 Å². The molecule has 0 bridgehead atoms. The molecule has 0 aliphatic heterocycles. The standard InChI is InChI=1S/C15H17NO2/c1-2-11-17-13-7-9-15(10-8-13)18-14-5-3-12(16)4-6-14/h3-10H,2,11,16H2,1H3. The van der Waals surface area contributed by atoms with E-state index >= 15 is 0 Å². The van der Waals surface area contributed by atoms with E-state index in [2.05, 4.69) is 6.92 Å². The molecule has 2 N–H and O–H groups in total. The lowest BCUT2D eigenvalue weighted by Gasteiger charge is -2.08. The van der Waals surface area contributed by atoms with E-state index in [0.717, 1.165) is 36.0 Å². The van der Waals surface area contributed by atoms with Crippen molar-refractivity contribution in [2.75, 3.05) is 12.3 Å². The molecule has 0 aromatic heterocycles. The summed E-state index contributed by atoms with van der Waals surface area (Å²) in [5.41, 5.74) is 6.34. The molecule has 0 aliphatic rings. The molecular formula is C15H17NO2. The number of nitrogen functional groups attached to an aromatic ring is 1. The Bertz CT molecular complexity index is 477. The SMILES string of the molecule is CCCOc1ccc(Oc2ccc(N)cc2)cc1. The molecule has 0 saturated carbocycles. The van der Waals surface area contributed by atoms with Gasteiger partial charge in [-0.3, -0.25) is 0 Å². The van der Waals surface area contributed by atoms with Crippen LogP contribution in [0.1, 0.15) is 13.3 Å². The molecule has 2 aromatic carbocycles. The Morgan fingerprint density at radius 3 is 1.89 bits per heavy atom. The normalized spacial score (nSPS) is 10.1. The molecule has 0 saturated heterocycles. The van der Waals surface area contributed by atoms with Crippen LogP contribution < -0.4 is 15.2 Å². The van der Waals surface area contributed by atoms with Gasteiger partial charge in [0.2, 0.25) is 0 Å². The number of benzene rings is 2. The molecule has 3 nitrogen and oxygen atoms in total. The smallest absolute Gasteiger partial charge is 0.127 e. The third kappa shape index (κ3) is 3.42. The van der Waals surface area contributed by atoms with Gasteiger partial charge >= 0.3 is 0 Å². The highest BCUT2D eigenvalue weighted by Crippen LogP contribution is 2.24. The predicted octanol–water partition coefficient (Wildman–Crippen LogP) is 3.85. The third-order valence-electron chi connectivity index (χ3n) is 2.41. The second-order valence-corrected chi connectivity index (χ2v) is 3.99. The highest BCUT2D eigenvalue weighted by molar-refractivity contribution is 5.43. The summed E-state index contributed by atoms with van der Waals surface area (Å²) in [6.07, 6.45) is 1.00. The van der Waals surface area contributed by atoms with Crippen molar-refractivity contribution in [3.05, 3.63) is 48.5 Å². The molecule has 3 heteroatoms. The van der Waals surface area contributed by atoms with Crippen LogP contribution in [0.15, 0.2) is 48.5 Å².